The van der Waals surface area contributed by atoms with Gasteiger partial charge in [-0.05, 0) is 59.9 Å². The number of amides is 4. The quantitative estimate of drug-likeness (QED) is 0.158. The predicted octanol–water partition coefficient (Wildman–Crippen LogP) is 6.54. The number of nitrogens with one attached hydrogen (secondary N) is 1. The van der Waals surface area contributed by atoms with Gasteiger partial charge in [0.05, 0.1) is 18.1 Å². The monoisotopic (exact) mass is 670 g/mol. The van der Waals surface area contributed by atoms with Gasteiger partial charge >= 0.3 is 18.3 Å². The Balaban J connectivity index is 1.26. The highest BCUT2D eigenvalue weighted by atomic mass is 19.1. The van der Waals surface area contributed by atoms with Crippen molar-refractivity contribution >= 4 is 46.7 Å². The Morgan fingerprint density at radius 1 is 0.980 bits per heavy atom. The number of nitrogens with zero attached hydrogens (tertiary/aromatic N) is 3. The molecule has 5 aromatic rings. The Morgan fingerprint density at radius 2 is 1.76 bits per heavy atom. The van der Waals surface area contributed by atoms with Crippen LogP contribution in [0.3, 0.4) is 0 Å². The van der Waals surface area contributed by atoms with Gasteiger partial charge in [-0.2, -0.15) is 4.90 Å². The molecule has 0 spiro atoms. The summed E-state index contributed by atoms with van der Waals surface area (Å²) in [6, 6.07) is 17.2. The van der Waals surface area contributed by atoms with Crippen molar-refractivity contribution in [3.8, 4) is 11.1 Å². The first-order valence-corrected chi connectivity index (χ1v) is 15.1. The number of aromatic nitrogens is 1. The number of fused-ring (bicyclic) bond motifs is 2. The summed E-state index contributed by atoms with van der Waals surface area (Å²) in [6.07, 6.45) is -1.28. The lowest BCUT2D eigenvalue weighted by Crippen LogP contribution is -2.35. The topological polar surface area (TPSA) is 163 Å². The van der Waals surface area contributed by atoms with E-state index < -0.39 is 41.6 Å². The SMILES string of the molecule is O=C(NCCc1cnc(N(C(=O)O)C(=O)O)c2c(-c3ccc4c(c3)CCN4C(=O)Cc3cc(F)ccc3F)coc12)OCc1ccccc1. The van der Waals surface area contributed by atoms with E-state index in [9.17, 15) is 38.2 Å². The zero-order valence-corrected chi connectivity index (χ0v) is 25.7. The van der Waals surface area contributed by atoms with Gasteiger partial charge in [0.1, 0.15) is 23.8 Å². The normalized spacial score (nSPS) is 12.1. The first-order chi connectivity index (χ1) is 23.6. The lowest BCUT2D eigenvalue weighted by molar-refractivity contribution is -0.117. The molecule has 0 bridgehead atoms. The van der Waals surface area contributed by atoms with E-state index >= 15 is 0 Å². The summed E-state index contributed by atoms with van der Waals surface area (Å²) < 4.78 is 39.0. The molecule has 0 aliphatic carbocycles. The van der Waals surface area contributed by atoms with Crippen molar-refractivity contribution in [2.24, 2.45) is 0 Å². The largest absolute Gasteiger partial charge is 0.464 e. The average Bonchev–Trinajstić information content (AvgIpc) is 3.72. The van der Waals surface area contributed by atoms with Crippen molar-refractivity contribution in [2.75, 3.05) is 22.9 Å². The van der Waals surface area contributed by atoms with Gasteiger partial charge in [-0.3, -0.25) is 4.79 Å². The molecule has 4 amide bonds. The van der Waals surface area contributed by atoms with E-state index in [1.54, 1.807) is 18.2 Å². The molecule has 12 nitrogen and oxygen atoms in total. The number of hydrogen-bond donors (Lipinski definition) is 3. The standard InChI is InChI=1S/C35H28F2N4O8/c36-25-7-8-27(37)24(15-25)16-29(42)40-13-11-22-14-21(6-9-28(22)40)26-19-48-31-23(17-39-32(30(26)31)41(34(44)45)35(46)47)10-12-38-33(43)49-18-20-4-2-1-3-5-20/h1-9,14-15,17,19H,10-13,16,18H2,(H,38,43)(H,44,45)(H,46,47). The molecule has 0 radical (unpaired) electrons. The predicted molar refractivity (Wildman–Crippen MR) is 172 cm³/mol. The second-order valence-corrected chi connectivity index (χ2v) is 11.2. The van der Waals surface area contributed by atoms with Crippen LogP contribution in [0, 0.1) is 11.6 Å². The molecule has 6 rings (SSSR count). The summed E-state index contributed by atoms with van der Waals surface area (Å²) in [6.45, 7) is 0.473. The number of ether oxygens (including phenoxy) is 1. The van der Waals surface area contributed by atoms with Gasteiger partial charge in [0, 0.05) is 41.7 Å². The van der Waals surface area contributed by atoms with E-state index in [0.717, 1.165) is 29.3 Å². The van der Waals surface area contributed by atoms with Crippen molar-refractivity contribution in [1.82, 2.24) is 10.3 Å². The zero-order valence-electron chi connectivity index (χ0n) is 25.7. The van der Waals surface area contributed by atoms with Crippen LogP contribution >= 0.6 is 0 Å². The maximum Gasteiger partial charge on any atom is 0.422 e. The van der Waals surface area contributed by atoms with Gasteiger partial charge in [-0.25, -0.2) is 28.1 Å². The van der Waals surface area contributed by atoms with Crippen LogP contribution in [-0.4, -0.2) is 52.5 Å². The van der Waals surface area contributed by atoms with Crippen LogP contribution in [0.4, 0.5) is 34.7 Å². The second-order valence-electron chi connectivity index (χ2n) is 11.2. The third-order valence-corrected chi connectivity index (χ3v) is 8.06. The van der Waals surface area contributed by atoms with E-state index in [2.05, 4.69) is 10.3 Å². The van der Waals surface area contributed by atoms with Crippen LogP contribution in [0.2, 0.25) is 0 Å². The second kappa shape index (κ2) is 13.8. The highest BCUT2D eigenvalue weighted by Gasteiger charge is 2.31. The number of benzene rings is 3. The van der Waals surface area contributed by atoms with Crippen LogP contribution in [0.15, 0.2) is 83.6 Å². The fourth-order valence-corrected chi connectivity index (χ4v) is 5.74. The average molecular weight is 671 g/mol. The summed E-state index contributed by atoms with van der Waals surface area (Å²) >= 11 is 0. The molecule has 250 valence electrons. The van der Waals surface area contributed by atoms with Crippen LogP contribution in [0.1, 0.15) is 22.3 Å². The number of imide groups is 1. The minimum absolute atomic E-state index is 0.0588. The van der Waals surface area contributed by atoms with Gasteiger partial charge < -0.3 is 29.6 Å². The molecule has 2 aromatic heterocycles. The first kappa shape index (κ1) is 32.6. The number of carboxylic acid groups (broad SMARTS) is 2. The van der Waals surface area contributed by atoms with E-state index in [4.69, 9.17) is 9.15 Å². The molecule has 1 aliphatic rings. The molecule has 0 atom stereocenters. The fourth-order valence-electron chi connectivity index (χ4n) is 5.74. The molecule has 3 heterocycles. The van der Waals surface area contributed by atoms with Crippen LogP contribution in [-0.2, 0) is 35.4 Å². The molecule has 0 fully saturated rings. The molecular formula is C35H28F2N4O8. The molecule has 14 heteroatoms. The number of furan rings is 1. The van der Waals surface area contributed by atoms with Crippen molar-refractivity contribution in [3.63, 3.8) is 0 Å². The van der Waals surface area contributed by atoms with Crippen LogP contribution in [0.5, 0.6) is 0 Å². The summed E-state index contributed by atoms with van der Waals surface area (Å²) in [5.74, 6) is -2.15. The molecule has 0 unspecified atom stereocenters. The van der Waals surface area contributed by atoms with Crippen molar-refractivity contribution in [3.05, 3.63) is 113 Å². The summed E-state index contributed by atoms with van der Waals surface area (Å²) in [5, 5.41) is 22.2. The smallest absolute Gasteiger partial charge is 0.422 e. The maximum absolute atomic E-state index is 14.2. The van der Waals surface area contributed by atoms with Gasteiger partial charge in [0.2, 0.25) is 5.91 Å². The summed E-state index contributed by atoms with van der Waals surface area (Å²) in [4.78, 5) is 55.1. The van der Waals surface area contributed by atoms with E-state index in [1.165, 1.54) is 17.4 Å². The number of alkyl carbamates (subject to hydrolysis) is 1. The minimum atomic E-state index is -1.78. The van der Waals surface area contributed by atoms with E-state index in [-0.39, 0.29) is 47.4 Å². The van der Waals surface area contributed by atoms with Gasteiger partial charge in [-0.15, -0.1) is 0 Å². The minimum Gasteiger partial charge on any atom is -0.464 e. The number of carbonyl (C=O) groups excluding carboxylic acids is 2. The number of hydrogen-bond acceptors (Lipinski definition) is 7. The summed E-state index contributed by atoms with van der Waals surface area (Å²) in [7, 11) is 0. The van der Waals surface area contributed by atoms with Crippen molar-refractivity contribution < 1.29 is 47.3 Å². The molecule has 0 saturated heterocycles. The summed E-state index contributed by atoms with van der Waals surface area (Å²) in [5.41, 5.74) is 3.58. The number of carbonyl (C=O) groups is 4. The third-order valence-electron chi connectivity index (χ3n) is 8.06. The fraction of sp³-hybridized carbons (Fsp3) is 0.171. The van der Waals surface area contributed by atoms with E-state index in [0.29, 0.717) is 35.3 Å². The molecule has 0 saturated carbocycles. The van der Waals surface area contributed by atoms with Crippen LogP contribution < -0.4 is 15.1 Å². The first-order valence-electron chi connectivity index (χ1n) is 15.1. The maximum atomic E-state index is 14.2. The van der Waals surface area contributed by atoms with Gasteiger partial charge in [0.15, 0.2) is 5.82 Å². The lowest BCUT2D eigenvalue weighted by atomic mass is 10.00. The highest BCUT2D eigenvalue weighted by Crippen LogP contribution is 2.40. The molecule has 1 aliphatic heterocycles. The third kappa shape index (κ3) is 6.88. The Kier molecular flexibility index (Phi) is 9.20. The molecule has 49 heavy (non-hydrogen) atoms. The Morgan fingerprint density at radius 3 is 2.51 bits per heavy atom. The highest BCUT2D eigenvalue weighted by molar-refractivity contribution is 6.15. The lowest BCUT2D eigenvalue weighted by Gasteiger charge is -2.18. The Labute approximate surface area is 277 Å². The molecule has 3 N–H and O–H groups in total. The van der Waals surface area contributed by atoms with Crippen LogP contribution in [0.25, 0.3) is 22.1 Å². The molecular weight excluding hydrogens is 642 g/mol. The number of anilines is 2. The molecule has 3 aromatic carbocycles. The zero-order chi connectivity index (χ0) is 34.7. The number of rotatable bonds is 9. The van der Waals surface area contributed by atoms with Crippen molar-refractivity contribution in [2.45, 2.75) is 25.9 Å². The number of pyridine rings is 1. The number of halogens is 2. The Hall–Kier alpha value is -6.31. The van der Waals surface area contributed by atoms with E-state index in [1.807, 2.05) is 30.3 Å². The Bertz CT molecular complexity index is 2070. The van der Waals surface area contributed by atoms with Crippen molar-refractivity contribution in [1.29, 1.82) is 0 Å². The van der Waals surface area contributed by atoms with Gasteiger partial charge in [-0.1, -0.05) is 36.4 Å². The van der Waals surface area contributed by atoms with Gasteiger partial charge in [0.25, 0.3) is 0 Å².